The van der Waals surface area contributed by atoms with Crippen molar-refractivity contribution in [1.82, 2.24) is 5.32 Å². The molecule has 0 atom stereocenters. The minimum absolute atomic E-state index is 0.316. The van der Waals surface area contributed by atoms with E-state index in [1.165, 1.54) is 0 Å². The van der Waals surface area contributed by atoms with Crippen LogP contribution in [0.4, 0.5) is 0 Å². The van der Waals surface area contributed by atoms with Crippen molar-refractivity contribution in [3.05, 3.63) is 29.8 Å². The quantitative estimate of drug-likeness (QED) is 0.828. The van der Waals surface area contributed by atoms with Crippen LogP contribution in [-0.4, -0.2) is 37.1 Å². The Bertz CT molecular complexity index is 574. The molecule has 1 aliphatic heterocycles. The number of nitrogens with two attached hydrogens (primary N) is 1. The number of carbonyl (C=O) groups is 1. The average molecular weight is 334 g/mol. The Morgan fingerprint density at radius 1 is 1.21 bits per heavy atom. The number of nitrogens with one attached hydrogen (secondary N) is 1. The molecule has 0 radical (unpaired) electrons. The highest BCUT2D eigenvalue weighted by molar-refractivity contribution is 5.84. The zero-order valence-electron chi connectivity index (χ0n) is 14.2. The number of benzene rings is 1. The number of amides is 1. The molecular weight excluding hydrogens is 308 g/mol. The molecule has 1 spiro atoms. The lowest BCUT2D eigenvalue weighted by atomic mass is 9.78. The van der Waals surface area contributed by atoms with Crippen LogP contribution >= 0.6 is 0 Å². The molecule has 0 unspecified atom stereocenters. The summed E-state index contributed by atoms with van der Waals surface area (Å²) in [5.41, 5.74) is 6.04. The van der Waals surface area contributed by atoms with E-state index in [0.717, 1.165) is 11.3 Å². The molecule has 1 aromatic carbocycles. The summed E-state index contributed by atoms with van der Waals surface area (Å²) < 4.78 is 17.1. The molecule has 6 heteroatoms. The molecule has 1 saturated heterocycles. The van der Waals surface area contributed by atoms with E-state index in [-0.39, 0.29) is 5.91 Å². The van der Waals surface area contributed by atoms with Gasteiger partial charge in [-0.1, -0.05) is 18.2 Å². The van der Waals surface area contributed by atoms with Crippen LogP contribution in [0.15, 0.2) is 24.3 Å². The monoisotopic (exact) mass is 334 g/mol. The van der Waals surface area contributed by atoms with Crippen LogP contribution in [0.2, 0.25) is 0 Å². The van der Waals surface area contributed by atoms with E-state index in [4.69, 9.17) is 19.9 Å². The molecule has 0 bridgehead atoms. The van der Waals surface area contributed by atoms with Gasteiger partial charge in [0.1, 0.15) is 5.75 Å². The first kappa shape index (κ1) is 17.2. The second-order valence-electron chi connectivity index (χ2n) is 6.45. The molecule has 1 heterocycles. The Morgan fingerprint density at radius 2 is 1.88 bits per heavy atom. The molecule has 0 aromatic heterocycles. The molecule has 1 aromatic rings. The smallest absolute Gasteiger partial charge is 0.237 e. The third-order valence-electron chi connectivity index (χ3n) is 5.04. The fourth-order valence-electron chi connectivity index (χ4n) is 3.56. The molecule has 3 rings (SSSR count). The molecule has 132 valence electrons. The minimum Gasteiger partial charge on any atom is -0.494 e. The number of ether oxygens (including phenoxy) is 3. The van der Waals surface area contributed by atoms with E-state index in [1.807, 2.05) is 31.2 Å². The first-order valence-electron chi connectivity index (χ1n) is 8.63. The van der Waals surface area contributed by atoms with Crippen molar-refractivity contribution < 1.29 is 19.0 Å². The van der Waals surface area contributed by atoms with Gasteiger partial charge in [-0.3, -0.25) is 10.1 Å². The number of primary amides is 1. The third-order valence-corrected chi connectivity index (χ3v) is 5.04. The Morgan fingerprint density at radius 3 is 2.50 bits per heavy atom. The highest BCUT2D eigenvalue weighted by atomic mass is 16.7. The summed E-state index contributed by atoms with van der Waals surface area (Å²) in [6, 6.07) is 7.84. The maximum atomic E-state index is 12.2. The van der Waals surface area contributed by atoms with Crippen LogP contribution in [0.5, 0.6) is 5.75 Å². The first-order valence-corrected chi connectivity index (χ1v) is 8.63. The number of carbonyl (C=O) groups excluding carboxylic acids is 1. The van der Waals surface area contributed by atoms with Gasteiger partial charge >= 0.3 is 0 Å². The molecule has 1 saturated carbocycles. The van der Waals surface area contributed by atoms with Crippen LogP contribution in [0.25, 0.3) is 0 Å². The summed E-state index contributed by atoms with van der Waals surface area (Å²) in [7, 11) is 0. The molecule has 3 N–H and O–H groups in total. The minimum atomic E-state index is -0.722. The van der Waals surface area contributed by atoms with Crippen LogP contribution in [0, 0.1) is 0 Å². The van der Waals surface area contributed by atoms with Gasteiger partial charge in [0, 0.05) is 24.9 Å². The molecule has 6 nitrogen and oxygen atoms in total. The Kier molecular flexibility index (Phi) is 5.08. The predicted molar refractivity (Wildman–Crippen MR) is 89.5 cm³/mol. The lowest BCUT2D eigenvalue weighted by Gasteiger charge is -2.42. The number of hydrogen-bond donors (Lipinski definition) is 2. The van der Waals surface area contributed by atoms with E-state index >= 15 is 0 Å². The van der Waals surface area contributed by atoms with Crippen LogP contribution in [-0.2, 0) is 20.8 Å². The van der Waals surface area contributed by atoms with Crippen molar-refractivity contribution >= 4 is 5.91 Å². The Balaban J connectivity index is 1.68. The molecular formula is C18H26N2O4. The van der Waals surface area contributed by atoms with Crippen molar-refractivity contribution in [1.29, 1.82) is 0 Å². The number of hydrogen-bond acceptors (Lipinski definition) is 5. The topological polar surface area (TPSA) is 82.8 Å². The van der Waals surface area contributed by atoms with Crippen molar-refractivity contribution in [3.63, 3.8) is 0 Å². The zero-order chi connectivity index (χ0) is 17.0. The van der Waals surface area contributed by atoms with E-state index in [9.17, 15) is 4.79 Å². The van der Waals surface area contributed by atoms with Gasteiger partial charge in [0.05, 0.1) is 25.4 Å². The maximum absolute atomic E-state index is 12.2. The van der Waals surface area contributed by atoms with Crippen LogP contribution < -0.4 is 15.8 Å². The molecule has 2 aliphatic rings. The molecule has 2 fully saturated rings. The van der Waals surface area contributed by atoms with Gasteiger partial charge in [-0.25, -0.2) is 0 Å². The lowest BCUT2D eigenvalue weighted by Crippen LogP contribution is -2.59. The SMILES string of the molecule is CCOc1ccccc1CNC1(C(N)=O)CCC2(CC1)OCCO2. The van der Waals surface area contributed by atoms with Crippen LogP contribution in [0.3, 0.4) is 0 Å². The zero-order valence-corrected chi connectivity index (χ0v) is 14.2. The van der Waals surface area contributed by atoms with E-state index in [1.54, 1.807) is 0 Å². The summed E-state index contributed by atoms with van der Waals surface area (Å²) in [5.74, 6) is 0.00947. The lowest BCUT2D eigenvalue weighted by molar-refractivity contribution is -0.187. The highest BCUT2D eigenvalue weighted by Gasteiger charge is 2.48. The predicted octanol–water partition coefficient (Wildman–Crippen LogP) is 1.72. The number of rotatable bonds is 6. The summed E-state index contributed by atoms with van der Waals surface area (Å²) in [6.45, 7) is 4.34. The molecule has 1 aliphatic carbocycles. The van der Waals surface area contributed by atoms with Gasteiger partial charge in [-0.15, -0.1) is 0 Å². The summed E-state index contributed by atoms with van der Waals surface area (Å²) in [5, 5.41) is 3.39. The van der Waals surface area contributed by atoms with Crippen molar-refractivity contribution in [3.8, 4) is 5.75 Å². The standard InChI is InChI=1S/C18H26N2O4/c1-2-22-15-6-4-3-5-14(15)13-20-17(16(19)21)7-9-18(10-8-17)23-11-12-24-18/h3-6,20H,2,7-13H2,1H3,(H2,19,21). The number of para-hydroxylation sites is 1. The van der Waals surface area contributed by atoms with Gasteiger partial charge in [-0.2, -0.15) is 0 Å². The molecule has 24 heavy (non-hydrogen) atoms. The van der Waals surface area contributed by atoms with Gasteiger partial charge in [0.25, 0.3) is 0 Å². The fraction of sp³-hybridized carbons (Fsp3) is 0.611. The van der Waals surface area contributed by atoms with Gasteiger partial charge in [-0.05, 0) is 25.8 Å². The summed E-state index contributed by atoms with van der Waals surface area (Å²) in [6.07, 6.45) is 2.57. The van der Waals surface area contributed by atoms with Crippen molar-refractivity contribution in [2.24, 2.45) is 5.73 Å². The fourth-order valence-corrected chi connectivity index (χ4v) is 3.56. The maximum Gasteiger partial charge on any atom is 0.237 e. The van der Waals surface area contributed by atoms with Crippen LogP contribution in [0.1, 0.15) is 38.2 Å². The van der Waals surface area contributed by atoms with E-state index < -0.39 is 11.3 Å². The van der Waals surface area contributed by atoms with Crippen molar-refractivity contribution in [2.75, 3.05) is 19.8 Å². The Hall–Kier alpha value is -1.63. The van der Waals surface area contributed by atoms with E-state index in [2.05, 4.69) is 5.32 Å². The summed E-state index contributed by atoms with van der Waals surface area (Å²) >= 11 is 0. The van der Waals surface area contributed by atoms with Gasteiger partial charge in [0.15, 0.2) is 5.79 Å². The largest absolute Gasteiger partial charge is 0.494 e. The Labute approximate surface area is 142 Å². The second kappa shape index (κ2) is 7.09. The summed E-state index contributed by atoms with van der Waals surface area (Å²) in [4.78, 5) is 12.2. The van der Waals surface area contributed by atoms with E-state index in [0.29, 0.717) is 52.0 Å². The first-order chi connectivity index (χ1) is 11.6. The second-order valence-corrected chi connectivity index (χ2v) is 6.45. The molecule has 1 amide bonds. The third kappa shape index (κ3) is 3.41. The van der Waals surface area contributed by atoms with Gasteiger partial charge in [0.2, 0.25) is 5.91 Å². The normalized spacial score (nSPS) is 21.7. The highest BCUT2D eigenvalue weighted by Crippen LogP contribution is 2.40. The average Bonchev–Trinajstić information content (AvgIpc) is 3.04. The van der Waals surface area contributed by atoms with Gasteiger partial charge < -0.3 is 19.9 Å². The van der Waals surface area contributed by atoms with Crippen molar-refractivity contribution in [2.45, 2.75) is 50.5 Å².